The molecule has 0 amide bonds. The summed E-state index contributed by atoms with van der Waals surface area (Å²) in [5.41, 5.74) is -0.0833. The minimum Gasteiger partial charge on any atom is -0.478 e. The lowest BCUT2D eigenvalue weighted by atomic mass is 9.85. The van der Waals surface area contributed by atoms with E-state index in [-0.39, 0.29) is 11.4 Å². The van der Waals surface area contributed by atoms with E-state index in [1.807, 2.05) is 0 Å². The monoisotopic (exact) mass is 394 g/mol. The second kappa shape index (κ2) is 6.79. The van der Waals surface area contributed by atoms with E-state index < -0.39 is 23.2 Å². The van der Waals surface area contributed by atoms with Crippen molar-refractivity contribution in [1.29, 1.82) is 0 Å². The third kappa shape index (κ3) is 3.05. The van der Waals surface area contributed by atoms with E-state index in [0.717, 1.165) is 0 Å². The molecule has 7 heteroatoms. The van der Waals surface area contributed by atoms with E-state index in [0.29, 0.717) is 22.2 Å². The van der Waals surface area contributed by atoms with E-state index in [2.05, 4.69) is 4.98 Å². The van der Waals surface area contributed by atoms with Gasteiger partial charge in [0.2, 0.25) is 0 Å². The summed E-state index contributed by atoms with van der Waals surface area (Å²) in [7, 11) is 1.65. The van der Waals surface area contributed by atoms with Gasteiger partial charge < -0.3 is 14.8 Å². The number of imidazole rings is 1. The molecule has 29 heavy (non-hydrogen) atoms. The van der Waals surface area contributed by atoms with Gasteiger partial charge in [0.1, 0.15) is 11.6 Å². The second-order valence-electron chi connectivity index (χ2n) is 6.73. The number of aromatic nitrogens is 2. The maximum absolute atomic E-state index is 13.5. The molecule has 0 bridgehead atoms. The standard InChI is InChI=1S/C22H16F2N2O3/c1-26-19-12-13(20(27)28)2-11-18(19)25-21(26)22(29,14-3-7-16(23)8-4-14)15-5-9-17(24)10-6-15/h2-12,29H,1H3,(H,27,28). The molecule has 0 atom stereocenters. The van der Waals surface area contributed by atoms with Crippen molar-refractivity contribution >= 4 is 17.0 Å². The van der Waals surface area contributed by atoms with Crippen LogP contribution in [-0.4, -0.2) is 25.7 Å². The topological polar surface area (TPSA) is 75.3 Å². The Hall–Kier alpha value is -3.58. The fourth-order valence-electron chi connectivity index (χ4n) is 3.45. The van der Waals surface area contributed by atoms with Gasteiger partial charge in [-0.1, -0.05) is 24.3 Å². The molecule has 0 aliphatic rings. The van der Waals surface area contributed by atoms with E-state index >= 15 is 0 Å². The smallest absolute Gasteiger partial charge is 0.335 e. The number of halogens is 2. The van der Waals surface area contributed by atoms with Crippen LogP contribution in [0, 0.1) is 11.6 Å². The quantitative estimate of drug-likeness (QED) is 0.552. The summed E-state index contributed by atoms with van der Waals surface area (Å²) in [5, 5.41) is 21.1. The summed E-state index contributed by atoms with van der Waals surface area (Å²) in [6.45, 7) is 0. The van der Waals surface area contributed by atoms with Crippen LogP contribution in [0.2, 0.25) is 0 Å². The largest absolute Gasteiger partial charge is 0.478 e. The van der Waals surface area contributed by atoms with Crippen LogP contribution in [-0.2, 0) is 12.6 Å². The van der Waals surface area contributed by atoms with Crippen LogP contribution in [0.5, 0.6) is 0 Å². The highest BCUT2D eigenvalue weighted by atomic mass is 19.1. The zero-order chi connectivity index (χ0) is 20.8. The first-order valence-electron chi connectivity index (χ1n) is 8.75. The molecule has 3 aromatic carbocycles. The van der Waals surface area contributed by atoms with Gasteiger partial charge in [0.05, 0.1) is 16.6 Å². The number of hydrogen-bond donors (Lipinski definition) is 2. The normalized spacial score (nSPS) is 11.7. The number of aliphatic hydroxyl groups is 1. The van der Waals surface area contributed by atoms with Gasteiger partial charge in [0, 0.05) is 7.05 Å². The van der Waals surface area contributed by atoms with Gasteiger partial charge in [-0.15, -0.1) is 0 Å². The maximum atomic E-state index is 13.5. The van der Waals surface area contributed by atoms with Crippen molar-refractivity contribution in [3.8, 4) is 0 Å². The zero-order valence-corrected chi connectivity index (χ0v) is 15.3. The highest BCUT2D eigenvalue weighted by Crippen LogP contribution is 2.37. The summed E-state index contributed by atoms with van der Waals surface area (Å²) in [6, 6.07) is 15.0. The predicted molar refractivity (Wildman–Crippen MR) is 103 cm³/mol. The van der Waals surface area contributed by atoms with E-state index in [4.69, 9.17) is 0 Å². The second-order valence-corrected chi connectivity index (χ2v) is 6.73. The molecular weight excluding hydrogens is 378 g/mol. The average Bonchev–Trinajstić information content (AvgIpc) is 3.05. The minimum absolute atomic E-state index is 0.0826. The molecule has 0 fully saturated rings. The highest BCUT2D eigenvalue weighted by molar-refractivity contribution is 5.92. The van der Waals surface area contributed by atoms with E-state index in [9.17, 15) is 23.8 Å². The van der Waals surface area contributed by atoms with Crippen molar-refractivity contribution in [1.82, 2.24) is 9.55 Å². The Kier molecular flexibility index (Phi) is 4.39. The van der Waals surface area contributed by atoms with Gasteiger partial charge in [0.15, 0.2) is 11.4 Å². The van der Waals surface area contributed by atoms with Crippen molar-refractivity contribution < 1.29 is 23.8 Å². The molecule has 0 unspecified atom stereocenters. The fourth-order valence-corrected chi connectivity index (χ4v) is 3.45. The number of carbonyl (C=O) groups is 1. The summed E-state index contributed by atoms with van der Waals surface area (Å²) in [6.07, 6.45) is 0. The van der Waals surface area contributed by atoms with Crippen LogP contribution in [0.15, 0.2) is 66.7 Å². The lowest BCUT2D eigenvalue weighted by Crippen LogP contribution is -2.32. The molecule has 0 spiro atoms. The summed E-state index contributed by atoms with van der Waals surface area (Å²) in [5.74, 6) is -1.83. The molecule has 0 aliphatic heterocycles. The van der Waals surface area contributed by atoms with Gasteiger partial charge in [-0.2, -0.15) is 0 Å². The molecule has 1 aromatic heterocycles. The van der Waals surface area contributed by atoms with Gasteiger partial charge in [-0.3, -0.25) is 0 Å². The molecule has 4 rings (SSSR count). The number of carboxylic acid groups (broad SMARTS) is 1. The minimum atomic E-state index is -1.82. The van der Waals surface area contributed by atoms with Crippen LogP contribution in [0.1, 0.15) is 27.3 Å². The average molecular weight is 394 g/mol. The molecule has 0 saturated heterocycles. The number of aromatic carboxylic acids is 1. The van der Waals surface area contributed by atoms with Crippen LogP contribution >= 0.6 is 0 Å². The van der Waals surface area contributed by atoms with Crippen LogP contribution in [0.3, 0.4) is 0 Å². The molecule has 2 N–H and O–H groups in total. The number of hydrogen-bond acceptors (Lipinski definition) is 3. The molecular formula is C22H16F2N2O3. The Morgan fingerprint density at radius 1 is 0.931 bits per heavy atom. The van der Waals surface area contributed by atoms with Crippen LogP contribution in [0.25, 0.3) is 11.0 Å². The third-order valence-corrected chi connectivity index (χ3v) is 4.98. The number of nitrogens with zero attached hydrogens (tertiary/aromatic N) is 2. The molecule has 4 aromatic rings. The first kappa shape index (κ1) is 18.8. The Morgan fingerprint density at radius 2 is 1.45 bits per heavy atom. The SMILES string of the molecule is Cn1c(C(O)(c2ccc(F)cc2)c2ccc(F)cc2)nc2ccc(C(=O)O)cc21. The highest BCUT2D eigenvalue weighted by Gasteiger charge is 2.38. The number of benzene rings is 3. The number of rotatable bonds is 4. The fraction of sp³-hybridized carbons (Fsp3) is 0.0909. The summed E-state index contributed by atoms with van der Waals surface area (Å²) >= 11 is 0. The van der Waals surface area contributed by atoms with Crippen molar-refractivity contribution in [2.75, 3.05) is 0 Å². The number of carboxylic acids is 1. The molecule has 0 aliphatic carbocycles. The lowest BCUT2D eigenvalue weighted by Gasteiger charge is -2.29. The summed E-state index contributed by atoms with van der Waals surface area (Å²) in [4.78, 5) is 15.8. The Bertz CT molecular complexity index is 1170. The molecule has 5 nitrogen and oxygen atoms in total. The van der Waals surface area contributed by atoms with Gasteiger partial charge >= 0.3 is 5.97 Å². The third-order valence-electron chi connectivity index (χ3n) is 4.98. The molecule has 1 heterocycles. The van der Waals surface area contributed by atoms with Crippen molar-refractivity contribution in [3.05, 3.63) is 101 Å². The van der Waals surface area contributed by atoms with E-state index in [1.165, 1.54) is 60.7 Å². The van der Waals surface area contributed by atoms with Gasteiger partial charge in [-0.05, 0) is 53.6 Å². The van der Waals surface area contributed by atoms with Crippen molar-refractivity contribution in [3.63, 3.8) is 0 Å². The first-order chi connectivity index (χ1) is 13.8. The van der Waals surface area contributed by atoms with Gasteiger partial charge in [-0.25, -0.2) is 18.6 Å². The molecule has 0 radical (unpaired) electrons. The molecule has 146 valence electrons. The zero-order valence-electron chi connectivity index (χ0n) is 15.3. The first-order valence-corrected chi connectivity index (χ1v) is 8.75. The maximum Gasteiger partial charge on any atom is 0.335 e. The molecule has 0 saturated carbocycles. The summed E-state index contributed by atoms with van der Waals surface area (Å²) < 4.78 is 28.6. The van der Waals surface area contributed by atoms with Crippen molar-refractivity contribution in [2.45, 2.75) is 5.60 Å². The number of aryl methyl sites for hydroxylation is 1. The van der Waals surface area contributed by atoms with E-state index in [1.54, 1.807) is 17.7 Å². The predicted octanol–water partition coefficient (Wildman–Crippen LogP) is 3.83. The van der Waals surface area contributed by atoms with Gasteiger partial charge in [0.25, 0.3) is 0 Å². The number of fused-ring (bicyclic) bond motifs is 1. The Morgan fingerprint density at radius 3 is 1.93 bits per heavy atom. The van der Waals surface area contributed by atoms with Crippen LogP contribution < -0.4 is 0 Å². The van der Waals surface area contributed by atoms with Crippen LogP contribution in [0.4, 0.5) is 8.78 Å². The van der Waals surface area contributed by atoms with Crippen molar-refractivity contribution in [2.24, 2.45) is 7.05 Å². The lowest BCUT2D eigenvalue weighted by molar-refractivity contribution is 0.0697. The Balaban J connectivity index is 2.01. The Labute approximate surface area is 164 Å².